The van der Waals surface area contributed by atoms with Gasteiger partial charge in [0, 0.05) is 24.5 Å². The maximum Gasteiger partial charge on any atom is 0.407 e. The topological polar surface area (TPSA) is 41.6 Å². The maximum atomic E-state index is 12.2. The molecular formula is C20H30N2O2. The summed E-state index contributed by atoms with van der Waals surface area (Å²) in [5.74, 6) is 0. The molecule has 24 heavy (non-hydrogen) atoms. The standard InChI is InChI=1S/C20H30N2O2/c1-15(16-9-6-5-7-10-16)22-13-17(20(14-22)11-8-12-20)21-18(23)24-19(2,3)4/h5-7,9-10,15,17H,8,11-14H2,1-4H3,(H,21,23)/t15-,17?/m0/s1. The molecule has 132 valence electrons. The first-order valence-electron chi connectivity index (χ1n) is 9.08. The zero-order valence-corrected chi connectivity index (χ0v) is 15.3. The van der Waals surface area contributed by atoms with Crippen molar-refractivity contribution < 1.29 is 9.53 Å². The zero-order chi connectivity index (χ0) is 17.4. The van der Waals surface area contributed by atoms with Crippen molar-refractivity contribution in [3.05, 3.63) is 35.9 Å². The van der Waals surface area contributed by atoms with Gasteiger partial charge in [0.15, 0.2) is 0 Å². The fourth-order valence-corrected chi connectivity index (χ4v) is 4.03. The molecule has 1 N–H and O–H groups in total. The highest BCUT2D eigenvalue weighted by Gasteiger charge is 2.52. The highest BCUT2D eigenvalue weighted by molar-refractivity contribution is 5.68. The minimum atomic E-state index is -0.452. The number of benzene rings is 1. The Morgan fingerprint density at radius 3 is 2.50 bits per heavy atom. The van der Waals surface area contributed by atoms with E-state index in [0.29, 0.717) is 6.04 Å². The molecule has 0 radical (unpaired) electrons. The van der Waals surface area contributed by atoms with Crippen LogP contribution < -0.4 is 5.32 Å². The van der Waals surface area contributed by atoms with E-state index in [4.69, 9.17) is 4.74 Å². The second kappa shape index (κ2) is 6.40. The number of hydrogen-bond donors (Lipinski definition) is 1. The van der Waals surface area contributed by atoms with E-state index in [9.17, 15) is 4.79 Å². The molecular weight excluding hydrogens is 300 g/mol. The number of rotatable bonds is 3. The third-order valence-corrected chi connectivity index (χ3v) is 5.54. The summed E-state index contributed by atoms with van der Waals surface area (Å²) in [6.45, 7) is 9.94. The minimum Gasteiger partial charge on any atom is -0.444 e. The molecule has 1 aliphatic carbocycles. The molecule has 1 saturated carbocycles. The van der Waals surface area contributed by atoms with Crippen LogP contribution in [-0.4, -0.2) is 35.7 Å². The van der Waals surface area contributed by atoms with Crippen LogP contribution >= 0.6 is 0 Å². The third kappa shape index (κ3) is 3.59. The molecule has 2 aliphatic rings. The molecule has 0 aromatic heterocycles. The Labute approximate surface area is 145 Å². The SMILES string of the molecule is C[C@@H](c1ccccc1)N1CC(NC(=O)OC(C)(C)C)C2(CCC2)C1. The van der Waals surface area contributed by atoms with Gasteiger partial charge in [-0.15, -0.1) is 0 Å². The first-order valence-corrected chi connectivity index (χ1v) is 9.08. The zero-order valence-electron chi connectivity index (χ0n) is 15.3. The number of carbonyl (C=O) groups excluding carboxylic acids is 1. The maximum absolute atomic E-state index is 12.2. The molecule has 4 heteroatoms. The number of nitrogens with one attached hydrogen (secondary N) is 1. The van der Waals surface area contributed by atoms with Gasteiger partial charge >= 0.3 is 6.09 Å². The van der Waals surface area contributed by atoms with Gasteiger partial charge in [0.05, 0.1) is 6.04 Å². The van der Waals surface area contributed by atoms with Gasteiger partial charge in [-0.1, -0.05) is 36.8 Å². The number of amides is 1. The second-order valence-corrected chi connectivity index (χ2v) is 8.43. The predicted octanol–water partition coefficient (Wildman–Crippen LogP) is 4.13. The van der Waals surface area contributed by atoms with Gasteiger partial charge in [-0.3, -0.25) is 4.90 Å². The third-order valence-electron chi connectivity index (χ3n) is 5.54. The van der Waals surface area contributed by atoms with Crippen LogP contribution in [-0.2, 0) is 4.74 Å². The molecule has 1 aromatic carbocycles. The summed E-state index contributed by atoms with van der Waals surface area (Å²) < 4.78 is 5.47. The van der Waals surface area contributed by atoms with E-state index in [2.05, 4.69) is 47.5 Å². The highest BCUT2D eigenvalue weighted by atomic mass is 16.6. The largest absolute Gasteiger partial charge is 0.444 e. The molecule has 1 aliphatic heterocycles. The van der Waals surface area contributed by atoms with E-state index in [0.717, 1.165) is 13.1 Å². The van der Waals surface area contributed by atoms with Crippen LogP contribution in [0.15, 0.2) is 30.3 Å². The summed E-state index contributed by atoms with van der Waals surface area (Å²) in [5.41, 5.74) is 1.12. The molecule has 1 saturated heterocycles. The van der Waals surface area contributed by atoms with E-state index in [1.165, 1.54) is 24.8 Å². The molecule has 0 bridgehead atoms. The van der Waals surface area contributed by atoms with Crippen LogP contribution in [0.4, 0.5) is 4.79 Å². The van der Waals surface area contributed by atoms with Gasteiger partial charge in [-0.05, 0) is 46.1 Å². The predicted molar refractivity (Wildman–Crippen MR) is 95.9 cm³/mol. The molecule has 2 fully saturated rings. The Balaban J connectivity index is 1.68. The van der Waals surface area contributed by atoms with Crippen LogP contribution in [0.2, 0.25) is 0 Å². The quantitative estimate of drug-likeness (QED) is 0.906. The van der Waals surface area contributed by atoms with Gasteiger partial charge in [0.1, 0.15) is 5.60 Å². The molecule has 1 heterocycles. The Hall–Kier alpha value is -1.55. The van der Waals surface area contributed by atoms with Crippen molar-refractivity contribution in [2.45, 2.75) is 64.6 Å². The van der Waals surface area contributed by atoms with Gasteiger partial charge < -0.3 is 10.1 Å². The molecule has 2 atom stereocenters. The second-order valence-electron chi connectivity index (χ2n) is 8.43. The number of carbonyl (C=O) groups is 1. The number of nitrogens with zero attached hydrogens (tertiary/aromatic N) is 1. The van der Waals surface area contributed by atoms with Gasteiger partial charge in [0.25, 0.3) is 0 Å². The van der Waals surface area contributed by atoms with Crippen molar-refractivity contribution >= 4 is 6.09 Å². The number of ether oxygens (including phenoxy) is 1. The van der Waals surface area contributed by atoms with Crippen LogP contribution in [0.1, 0.15) is 58.6 Å². The molecule has 3 rings (SSSR count). The minimum absolute atomic E-state index is 0.187. The first-order chi connectivity index (χ1) is 11.3. The molecule has 1 aromatic rings. The molecule has 4 nitrogen and oxygen atoms in total. The van der Waals surface area contributed by atoms with Crippen molar-refractivity contribution in [3.8, 4) is 0 Å². The first kappa shape index (κ1) is 17.3. The van der Waals surface area contributed by atoms with Crippen molar-refractivity contribution in [2.24, 2.45) is 5.41 Å². The summed E-state index contributed by atoms with van der Waals surface area (Å²) in [5, 5.41) is 3.16. The molecule has 1 unspecified atom stereocenters. The van der Waals surface area contributed by atoms with Gasteiger partial charge in [0.2, 0.25) is 0 Å². The van der Waals surface area contributed by atoms with Crippen molar-refractivity contribution in [1.82, 2.24) is 10.2 Å². The normalized spacial score (nSPS) is 24.4. The lowest BCUT2D eigenvalue weighted by atomic mass is 9.65. The van der Waals surface area contributed by atoms with E-state index >= 15 is 0 Å². The summed E-state index contributed by atoms with van der Waals surface area (Å²) in [7, 11) is 0. The van der Waals surface area contributed by atoms with E-state index in [1.54, 1.807) is 0 Å². The van der Waals surface area contributed by atoms with Crippen LogP contribution in [0.5, 0.6) is 0 Å². The number of hydrogen-bond acceptors (Lipinski definition) is 3. The smallest absolute Gasteiger partial charge is 0.407 e. The van der Waals surface area contributed by atoms with Crippen LogP contribution in [0.25, 0.3) is 0 Å². The lowest BCUT2D eigenvalue weighted by molar-refractivity contribution is 0.0402. The number of alkyl carbamates (subject to hydrolysis) is 1. The average Bonchev–Trinajstić information content (AvgIpc) is 2.85. The molecule has 1 spiro atoms. The number of likely N-dealkylation sites (tertiary alicyclic amines) is 1. The Bertz CT molecular complexity index is 575. The fourth-order valence-electron chi connectivity index (χ4n) is 4.03. The lowest BCUT2D eigenvalue weighted by Gasteiger charge is -2.43. The van der Waals surface area contributed by atoms with E-state index in [1.807, 2.05) is 20.8 Å². The summed E-state index contributed by atoms with van der Waals surface area (Å²) in [6.07, 6.45) is 3.38. The fraction of sp³-hybridized carbons (Fsp3) is 0.650. The Morgan fingerprint density at radius 2 is 1.96 bits per heavy atom. The van der Waals surface area contributed by atoms with Crippen molar-refractivity contribution in [2.75, 3.05) is 13.1 Å². The Morgan fingerprint density at radius 1 is 1.29 bits per heavy atom. The highest BCUT2D eigenvalue weighted by Crippen LogP contribution is 2.49. The summed E-state index contributed by atoms with van der Waals surface area (Å²) in [6, 6.07) is 11.2. The van der Waals surface area contributed by atoms with Gasteiger partial charge in [-0.2, -0.15) is 0 Å². The van der Waals surface area contributed by atoms with E-state index in [-0.39, 0.29) is 17.6 Å². The summed E-state index contributed by atoms with van der Waals surface area (Å²) in [4.78, 5) is 14.7. The lowest BCUT2D eigenvalue weighted by Crippen LogP contribution is -2.51. The van der Waals surface area contributed by atoms with Crippen molar-refractivity contribution in [3.63, 3.8) is 0 Å². The van der Waals surface area contributed by atoms with Crippen molar-refractivity contribution in [1.29, 1.82) is 0 Å². The Kier molecular flexibility index (Phi) is 4.60. The van der Waals surface area contributed by atoms with Crippen LogP contribution in [0.3, 0.4) is 0 Å². The van der Waals surface area contributed by atoms with Gasteiger partial charge in [-0.25, -0.2) is 4.79 Å². The molecule has 1 amide bonds. The van der Waals surface area contributed by atoms with E-state index < -0.39 is 5.60 Å². The summed E-state index contributed by atoms with van der Waals surface area (Å²) >= 11 is 0. The monoisotopic (exact) mass is 330 g/mol. The van der Waals surface area contributed by atoms with Crippen LogP contribution in [0, 0.1) is 5.41 Å². The average molecular weight is 330 g/mol.